The van der Waals surface area contributed by atoms with E-state index in [-0.39, 0.29) is 35.7 Å². The van der Waals surface area contributed by atoms with Crippen LogP contribution in [-0.2, 0) is 26.2 Å². The number of nitrogens with one attached hydrogen (secondary N) is 2. The maximum absolute atomic E-state index is 13.3. The van der Waals surface area contributed by atoms with E-state index in [0.29, 0.717) is 41.4 Å². The van der Waals surface area contributed by atoms with Gasteiger partial charge in [0.15, 0.2) is 6.10 Å². The standard InChI is InChI=1S/C23H26ClN3O5S/c1-14-11-19-20(32-15(2)22(28)26-19)12-21(14)33(30,31)27-9-7-17(8-10-27)23(29)25-13-16-3-5-18(24)6-4-16/h3-6,11-12,15,17H,7-10,13H2,1-2H3,(H,25,29)(H,26,28). The number of benzene rings is 2. The van der Waals surface area contributed by atoms with Gasteiger partial charge in [0.25, 0.3) is 5.91 Å². The second-order valence-corrected chi connectivity index (χ2v) is 10.7. The van der Waals surface area contributed by atoms with Crippen molar-refractivity contribution >= 4 is 39.1 Å². The third-order valence-corrected chi connectivity index (χ3v) is 8.32. The Kier molecular flexibility index (Phi) is 6.65. The molecule has 1 atom stereocenters. The third-order valence-electron chi connectivity index (χ3n) is 6.03. The van der Waals surface area contributed by atoms with Gasteiger partial charge in [0.05, 0.1) is 10.6 Å². The highest BCUT2D eigenvalue weighted by atomic mass is 35.5. The Balaban J connectivity index is 1.40. The minimum Gasteiger partial charge on any atom is -0.479 e. The van der Waals surface area contributed by atoms with Crippen molar-refractivity contribution in [3.05, 3.63) is 52.5 Å². The van der Waals surface area contributed by atoms with Crippen molar-refractivity contribution in [1.82, 2.24) is 9.62 Å². The van der Waals surface area contributed by atoms with Gasteiger partial charge in [-0.3, -0.25) is 9.59 Å². The van der Waals surface area contributed by atoms with Crippen molar-refractivity contribution in [3.8, 4) is 5.75 Å². The molecule has 2 amide bonds. The van der Waals surface area contributed by atoms with Gasteiger partial charge in [0.2, 0.25) is 15.9 Å². The Morgan fingerprint density at radius 2 is 1.88 bits per heavy atom. The number of piperidine rings is 1. The first kappa shape index (κ1) is 23.5. The molecule has 10 heteroatoms. The lowest BCUT2D eigenvalue weighted by Gasteiger charge is -2.31. The van der Waals surface area contributed by atoms with Gasteiger partial charge < -0.3 is 15.4 Å². The summed E-state index contributed by atoms with van der Waals surface area (Å²) in [4.78, 5) is 24.6. The number of fused-ring (bicyclic) bond motifs is 1. The Morgan fingerprint density at radius 1 is 1.21 bits per heavy atom. The number of hydrogen-bond donors (Lipinski definition) is 2. The van der Waals surface area contributed by atoms with E-state index in [1.807, 2.05) is 12.1 Å². The molecule has 2 aliphatic heterocycles. The number of amides is 2. The molecule has 4 rings (SSSR count). The second kappa shape index (κ2) is 9.32. The molecule has 2 aliphatic rings. The van der Waals surface area contributed by atoms with Crippen LogP contribution in [0.2, 0.25) is 5.02 Å². The van der Waals surface area contributed by atoms with Crippen LogP contribution in [0, 0.1) is 12.8 Å². The van der Waals surface area contributed by atoms with Gasteiger partial charge in [-0.1, -0.05) is 23.7 Å². The molecule has 1 unspecified atom stereocenters. The molecule has 2 heterocycles. The van der Waals surface area contributed by atoms with Gasteiger partial charge in [-0.15, -0.1) is 0 Å². The zero-order chi connectivity index (χ0) is 23.8. The SMILES string of the molecule is Cc1cc2c(cc1S(=O)(=O)N1CCC(C(=O)NCc3ccc(Cl)cc3)CC1)OC(C)C(=O)N2. The predicted molar refractivity (Wildman–Crippen MR) is 125 cm³/mol. The number of nitrogens with zero attached hydrogens (tertiary/aromatic N) is 1. The summed E-state index contributed by atoms with van der Waals surface area (Å²) >= 11 is 5.88. The van der Waals surface area contributed by atoms with E-state index in [9.17, 15) is 18.0 Å². The molecule has 1 fully saturated rings. The highest BCUT2D eigenvalue weighted by molar-refractivity contribution is 7.89. The first-order valence-corrected chi connectivity index (χ1v) is 12.6. The lowest BCUT2D eigenvalue weighted by Crippen LogP contribution is -2.43. The normalized spacial score (nSPS) is 19.4. The number of aryl methyl sites for hydroxylation is 1. The average molecular weight is 492 g/mol. The van der Waals surface area contributed by atoms with E-state index in [2.05, 4.69) is 10.6 Å². The minimum atomic E-state index is -3.77. The van der Waals surface area contributed by atoms with Gasteiger partial charge in [-0.05, 0) is 56.0 Å². The highest BCUT2D eigenvalue weighted by Gasteiger charge is 2.34. The fourth-order valence-electron chi connectivity index (χ4n) is 4.05. The molecule has 2 aromatic carbocycles. The summed E-state index contributed by atoms with van der Waals surface area (Å²) in [6, 6.07) is 10.3. The van der Waals surface area contributed by atoms with Crippen molar-refractivity contribution in [1.29, 1.82) is 0 Å². The topological polar surface area (TPSA) is 105 Å². The van der Waals surface area contributed by atoms with Crippen LogP contribution in [0.4, 0.5) is 5.69 Å². The van der Waals surface area contributed by atoms with Crippen molar-refractivity contribution in [3.63, 3.8) is 0 Å². The first-order chi connectivity index (χ1) is 15.6. The monoisotopic (exact) mass is 491 g/mol. The van der Waals surface area contributed by atoms with E-state index in [0.717, 1.165) is 5.56 Å². The zero-order valence-electron chi connectivity index (χ0n) is 18.4. The number of anilines is 1. The Bertz CT molecular complexity index is 1180. The van der Waals surface area contributed by atoms with E-state index in [4.69, 9.17) is 16.3 Å². The maximum Gasteiger partial charge on any atom is 0.265 e. The largest absolute Gasteiger partial charge is 0.479 e. The van der Waals surface area contributed by atoms with Crippen molar-refractivity contribution in [2.75, 3.05) is 18.4 Å². The lowest BCUT2D eigenvalue weighted by molar-refractivity contribution is -0.126. The molecule has 0 bridgehead atoms. The fraction of sp³-hybridized carbons (Fsp3) is 0.391. The number of hydrogen-bond acceptors (Lipinski definition) is 5. The Morgan fingerprint density at radius 3 is 2.55 bits per heavy atom. The molecule has 8 nitrogen and oxygen atoms in total. The van der Waals surface area contributed by atoms with Crippen LogP contribution < -0.4 is 15.4 Å². The number of halogens is 1. The summed E-state index contributed by atoms with van der Waals surface area (Å²) in [6.45, 7) is 4.21. The summed E-state index contributed by atoms with van der Waals surface area (Å²) in [5.41, 5.74) is 1.93. The third kappa shape index (κ3) is 5.00. The van der Waals surface area contributed by atoms with E-state index in [1.165, 1.54) is 10.4 Å². The van der Waals surface area contributed by atoms with Gasteiger partial charge >= 0.3 is 0 Å². The molecule has 33 heavy (non-hydrogen) atoms. The van der Waals surface area contributed by atoms with E-state index in [1.54, 1.807) is 32.0 Å². The number of carbonyl (C=O) groups is 2. The molecule has 2 aromatic rings. The van der Waals surface area contributed by atoms with Gasteiger partial charge in [0, 0.05) is 36.6 Å². The van der Waals surface area contributed by atoms with E-state index < -0.39 is 16.1 Å². The van der Waals surface area contributed by atoms with Crippen LogP contribution in [0.3, 0.4) is 0 Å². The van der Waals surface area contributed by atoms with Crippen LogP contribution in [0.25, 0.3) is 0 Å². The fourth-order valence-corrected chi connectivity index (χ4v) is 5.87. The second-order valence-electron chi connectivity index (χ2n) is 8.39. The molecular formula is C23H26ClN3O5S. The molecular weight excluding hydrogens is 466 g/mol. The molecule has 0 aromatic heterocycles. The number of ether oxygens (including phenoxy) is 1. The molecule has 0 saturated carbocycles. The Hall–Kier alpha value is -2.62. The van der Waals surface area contributed by atoms with Gasteiger partial charge in [0.1, 0.15) is 5.75 Å². The lowest BCUT2D eigenvalue weighted by atomic mass is 9.97. The average Bonchev–Trinajstić information content (AvgIpc) is 2.79. The summed E-state index contributed by atoms with van der Waals surface area (Å²) in [7, 11) is -3.77. The smallest absolute Gasteiger partial charge is 0.265 e. The van der Waals surface area contributed by atoms with Crippen LogP contribution in [-0.4, -0.2) is 43.7 Å². The van der Waals surface area contributed by atoms with Crippen LogP contribution in [0.1, 0.15) is 30.9 Å². The van der Waals surface area contributed by atoms with E-state index >= 15 is 0 Å². The summed E-state index contributed by atoms with van der Waals surface area (Å²) < 4.78 is 33.6. The van der Waals surface area contributed by atoms with Gasteiger partial charge in [-0.2, -0.15) is 4.31 Å². The predicted octanol–water partition coefficient (Wildman–Crippen LogP) is 3.08. The quantitative estimate of drug-likeness (QED) is 0.668. The van der Waals surface area contributed by atoms with Crippen molar-refractivity contribution in [2.45, 2.75) is 44.2 Å². The minimum absolute atomic E-state index is 0.0786. The summed E-state index contributed by atoms with van der Waals surface area (Å²) in [5, 5.41) is 6.29. The van der Waals surface area contributed by atoms with Crippen LogP contribution >= 0.6 is 11.6 Å². The summed E-state index contributed by atoms with van der Waals surface area (Å²) in [6.07, 6.45) is 0.191. The number of carbonyl (C=O) groups excluding carboxylic acids is 2. The highest BCUT2D eigenvalue weighted by Crippen LogP contribution is 2.36. The van der Waals surface area contributed by atoms with Crippen molar-refractivity contribution in [2.24, 2.45) is 5.92 Å². The van der Waals surface area contributed by atoms with Crippen molar-refractivity contribution < 1.29 is 22.7 Å². The molecule has 0 aliphatic carbocycles. The molecule has 2 N–H and O–H groups in total. The zero-order valence-corrected chi connectivity index (χ0v) is 20.0. The molecule has 1 saturated heterocycles. The number of sulfonamides is 1. The maximum atomic E-state index is 13.3. The molecule has 0 spiro atoms. The molecule has 0 radical (unpaired) electrons. The van der Waals surface area contributed by atoms with Crippen LogP contribution in [0.15, 0.2) is 41.3 Å². The van der Waals surface area contributed by atoms with Crippen LogP contribution in [0.5, 0.6) is 5.75 Å². The first-order valence-electron chi connectivity index (χ1n) is 10.8. The number of rotatable bonds is 5. The molecule has 176 valence electrons. The van der Waals surface area contributed by atoms with Gasteiger partial charge in [-0.25, -0.2) is 8.42 Å². The summed E-state index contributed by atoms with van der Waals surface area (Å²) in [5.74, 6) is -0.255. The Labute approximate surface area is 198 Å².